The lowest BCUT2D eigenvalue weighted by molar-refractivity contribution is 0.0528. The van der Waals surface area contributed by atoms with Crippen molar-refractivity contribution in [3.8, 4) is 16.9 Å². The Balaban J connectivity index is 1.82. The minimum absolute atomic E-state index is 0.422. The number of imidazole rings is 1. The van der Waals surface area contributed by atoms with E-state index in [1.165, 1.54) is 0 Å². The van der Waals surface area contributed by atoms with Gasteiger partial charge in [0.1, 0.15) is 17.2 Å². The summed E-state index contributed by atoms with van der Waals surface area (Å²) < 4.78 is 12.6. The Morgan fingerprint density at radius 2 is 2.07 bits per heavy atom. The van der Waals surface area contributed by atoms with E-state index in [-0.39, 0.29) is 0 Å². The molecule has 2 heterocycles. The van der Waals surface area contributed by atoms with Gasteiger partial charge in [-0.2, -0.15) is 0 Å². The van der Waals surface area contributed by atoms with Crippen LogP contribution < -0.4 is 10.1 Å². The average Bonchev–Trinajstić information content (AvgIpc) is 3.03. The molecule has 28 heavy (non-hydrogen) atoms. The van der Waals surface area contributed by atoms with Crippen LogP contribution in [0.5, 0.6) is 5.75 Å². The summed E-state index contributed by atoms with van der Waals surface area (Å²) in [6.07, 6.45) is 3.81. The van der Waals surface area contributed by atoms with Crippen molar-refractivity contribution >= 4 is 23.2 Å². The Labute approximate surface area is 169 Å². The molecule has 0 saturated carbocycles. The zero-order valence-electron chi connectivity index (χ0n) is 16.5. The smallest absolute Gasteiger partial charge is 0.407 e. The van der Waals surface area contributed by atoms with Crippen molar-refractivity contribution in [2.75, 3.05) is 13.7 Å². The molecule has 0 fully saturated rings. The van der Waals surface area contributed by atoms with Crippen LogP contribution >= 0.6 is 11.6 Å². The number of carbonyl (C=O) groups excluding carboxylic acids is 1. The molecule has 6 nitrogen and oxygen atoms in total. The van der Waals surface area contributed by atoms with Gasteiger partial charge in [-0.15, -0.1) is 0 Å². The molecule has 1 amide bonds. The fraction of sp³-hybridized carbons (Fsp3) is 0.333. The third-order valence-corrected chi connectivity index (χ3v) is 4.43. The van der Waals surface area contributed by atoms with Crippen molar-refractivity contribution in [3.63, 3.8) is 0 Å². The topological polar surface area (TPSA) is 64.9 Å². The number of hydrogen-bond acceptors (Lipinski definition) is 4. The second-order valence-corrected chi connectivity index (χ2v) is 7.79. The van der Waals surface area contributed by atoms with Crippen molar-refractivity contribution in [2.45, 2.75) is 32.8 Å². The van der Waals surface area contributed by atoms with E-state index in [1.807, 2.05) is 61.7 Å². The number of carbonyl (C=O) groups is 1. The number of nitrogens with zero attached hydrogens (tertiary/aromatic N) is 2. The molecule has 0 aliphatic carbocycles. The predicted molar refractivity (Wildman–Crippen MR) is 110 cm³/mol. The van der Waals surface area contributed by atoms with E-state index in [9.17, 15) is 4.79 Å². The minimum atomic E-state index is -0.521. The summed E-state index contributed by atoms with van der Waals surface area (Å²) in [5, 5.41) is 3.40. The molecule has 0 aliphatic heterocycles. The maximum atomic E-state index is 11.8. The van der Waals surface area contributed by atoms with Gasteiger partial charge in [-0.1, -0.05) is 23.7 Å². The van der Waals surface area contributed by atoms with Crippen LogP contribution in [0.2, 0.25) is 5.02 Å². The number of methoxy groups -OCH3 is 1. The number of rotatable bonds is 5. The molecule has 0 saturated heterocycles. The number of amides is 1. The van der Waals surface area contributed by atoms with Gasteiger partial charge in [0.25, 0.3) is 0 Å². The number of ether oxygens (including phenoxy) is 2. The zero-order chi connectivity index (χ0) is 20.3. The number of nitrogens with one attached hydrogen (secondary N) is 1. The summed E-state index contributed by atoms with van der Waals surface area (Å²) in [6.45, 7) is 5.92. The SMILES string of the molecule is COc1cccc(-c2c(Cl)ccn3c(CCNC(=O)OC(C)(C)C)ncc23)c1. The van der Waals surface area contributed by atoms with Crippen LogP contribution in [0.1, 0.15) is 26.6 Å². The number of aromatic nitrogens is 2. The lowest BCUT2D eigenvalue weighted by atomic mass is 10.1. The van der Waals surface area contributed by atoms with Crippen LogP contribution in [-0.2, 0) is 11.2 Å². The van der Waals surface area contributed by atoms with Crippen molar-refractivity contribution in [2.24, 2.45) is 0 Å². The van der Waals surface area contributed by atoms with Crippen LogP contribution in [0.25, 0.3) is 16.6 Å². The van der Waals surface area contributed by atoms with Crippen molar-refractivity contribution in [3.05, 3.63) is 53.6 Å². The highest BCUT2D eigenvalue weighted by molar-refractivity contribution is 6.34. The zero-order valence-corrected chi connectivity index (χ0v) is 17.2. The van der Waals surface area contributed by atoms with Gasteiger partial charge in [-0.25, -0.2) is 9.78 Å². The molecule has 0 radical (unpaired) electrons. The fourth-order valence-electron chi connectivity index (χ4n) is 2.94. The Bertz CT molecular complexity index is 992. The highest BCUT2D eigenvalue weighted by atomic mass is 35.5. The monoisotopic (exact) mass is 401 g/mol. The third-order valence-electron chi connectivity index (χ3n) is 4.11. The van der Waals surface area contributed by atoms with Crippen LogP contribution in [0.15, 0.2) is 42.7 Å². The van der Waals surface area contributed by atoms with Gasteiger partial charge < -0.3 is 19.2 Å². The normalized spacial score (nSPS) is 11.5. The first-order chi connectivity index (χ1) is 13.3. The molecule has 1 aromatic carbocycles. The van der Waals surface area contributed by atoms with E-state index in [1.54, 1.807) is 13.3 Å². The Morgan fingerprint density at radius 3 is 2.79 bits per heavy atom. The summed E-state index contributed by atoms with van der Waals surface area (Å²) in [7, 11) is 1.63. The predicted octanol–water partition coefficient (Wildman–Crippen LogP) is 4.73. The quantitative estimate of drug-likeness (QED) is 0.671. The number of halogens is 1. The molecular formula is C21H24ClN3O3. The first-order valence-corrected chi connectivity index (χ1v) is 9.42. The van der Waals surface area contributed by atoms with Crippen molar-refractivity contribution < 1.29 is 14.3 Å². The van der Waals surface area contributed by atoms with Gasteiger partial charge in [-0.05, 0) is 44.5 Å². The number of pyridine rings is 1. The molecule has 0 spiro atoms. The summed E-state index contributed by atoms with van der Waals surface area (Å²) in [6, 6.07) is 9.59. The van der Waals surface area contributed by atoms with Gasteiger partial charge >= 0.3 is 6.09 Å². The summed E-state index contributed by atoms with van der Waals surface area (Å²) >= 11 is 6.49. The molecule has 0 unspecified atom stereocenters. The lowest BCUT2D eigenvalue weighted by Crippen LogP contribution is -2.33. The third kappa shape index (κ3) is 4.57. The fourth-order valence-corrected chi connectivity index (χ4v) is 3.20. The first-order valence-electron chi connectivity index (χ1n) is 9.04. The van der Waals surface area contributed by atoms with Crippen LogP contribution in [0.3, 0.4) is 0 Å². The van der Waals surface area contributed by atoms with E-state index in [4.69, 9.17) is 21.1 Å². The molecule has 7 heteroatoms. The van der Waals surface area contributed by atoms with E-state index in [2.05, 4.69) is 10.3 Å². The summed E-state index contributed by atoms with van der Waals surface area (Å²) in [5.74, 6) is 1.59. The summed E-state index contributed by atoms with van der Waals surface area (Å²) in [4.78, 5) is 16.3. The molecule has 0 aliphatic rings. The van der Waals surface area contributed by atoms with Gasteiger partial charge in [-0.3, -0.25) is 0 Å². The first kappa shape index (κ1) is 20.0. The Morgan fingerprint density at radius 1 is 1.29 bits per heavy atom. The van der Waals surface area contributed by atoms with E-state index in [0.717, 1.165) is 28.2 Å². The van der Waals surface area contributed by atoms with Crippen LogP contribution in [0, 0.1) is 0 Å². The highest BCUT2D eigenvalue weighted by Gasteiger charge is 2.17. The van der Waals surface area contributed by atoms with Gasteiger partial charge in [0.2, 0.25) is 0 Å². The number of alkyl carbamates (subject to hydrolysis) is 1. The number of benzene rings is 1. The van der Waals surface area contributed by atoms with Crippen LogP contribution in [0.4, 0.5) is 4.79 Å². The molecule has 3 aromatic rings. The van der Waals surface area contributed by atoms with E-state index in [0.29, 0.717) is 18.0 Å². The van der Waals surface area contributed by atoms with Crippen LogP contribution in [-0.4, -0.2) is 34.7 Å². The lowest BCUT2D eigenvalue weighted by Gasteiger charge is -2.19. The van der Waals surface area contributed by atoms with Gasteiger partial charge in [0.15, 0.2) is 0 Å². The standard InChI is InChI=1S/C21H24ClN3O3/c1-21(2,3)28-20(26)23-10-8-18-24-13-17-19(16(22)9-11-25(17)18)14-6-5-7-15(12-14)27-4/h5-7,9,11-13H,8,10H2,1-4H3,(H,23,26). The van der Waals surface area contributed by atoms with Crippen molar-refractivity contribution in [1.29, 1.82) is 0 Å². The molecule has 0 bridgehead atoms. The summed E-state index contributed by atoms with van der Waals surface area (Å²) in [5.41, 5.74) is 2.22. The number of hydrogen-bond donors (Lipinski definition) is 1. The van der Waals surface area contributed by atoms with Crippen molar-refractivity contribution in [1.82, 2.24) is 14.7 Å². The molecule has 1 N–H and O–H groups in total. The molecule has 3 rings (SSSR count). The Hall–Kier alpha value is -2.73. The molecule has 148 valence electrons. The van der Waals surface area contributed by atoms with Gasteiger partial charge in [0.05, 0.1) is 23.8 Å². The minimum Gasteiger partial charge on any atom is -0.497 e. The molecule has 0 atom stereocenters. The van der Waals surface area contributed by atoms with E-state index < -0.39 is 11.7 Å². The second-order valence-electron chi connectivity index (χ2n) is 7.38. The number of fused-ring (bicyclic) bond motifs is 1. The van der Waals surface area contributed by atoms with E-state index >= 15 is 0 Å². The maximum Gasteiger partial charge on any atom is 0.407 e. The average molecular weight is 402 g/mol. The van der Waals surface area contributed by atoms with Gasteiger partial charge in [0, 0.05) is 24.7 Å². The molecule has 2 aromatic heterocycles. The second kappa shape index (κ2) is 8.10. The largest absolute Gasteiger partial charge is 0.497 e. The molecular weight excluding hydrogens is 378 g/mol. The maximum absolute atomic E-state index is 11.8. The Kier molecular flexibility index (Phi) is 5.79. The highest BCUT2D eigenvalue weighted by Crippen LogP contribution is 2.34.